The Morgan fingerprint density at radius 1 is 1.19 bits per heavy atom. The van der Waals surface area contributed by atoms with Crippen LogP contribution >= 0.6 is 11.6 Å². The number of halogens is 1. The maximum atomic E-state index is 13.1. The largest absolute Gasteiger partial charge is 0.490 e. The molecule has 1 atom stereocenters. The molecule has 0 spiro atoms. The average Bonchev–Trinajstić information content (AvgIpc) is 3.24. The van der Waals surface area contributed by atoms with Crippen LogP contribution in [-0.4, -0.2) is 94.8 Å². The molecule has 2 saturated heterocycles. The number of amides is 2. The topological polar surface area (TPSA) is 99.0 Å². The quantitative estimate of drug-likeness (QED) is 0.630. The summed E-state index contributed by atoms with van der Waals surface area (Å²) < 4.78 is 18.9. The second-order valence-electron chi connectivity index (χ2n) is 7.95. The summed E-state index contributed by atoms with van der Waals surface area (Å²) in [5.74, 6) is 0.251. The highest BCUT2D eigenvalue weighted by atomic mass is 35.5. The number of rotatable bonds is 6. The summed E-state index contributed by atoms with van der Waals surface area (Å²) in [6.07, 6.45) is 1.65. The fourth-order valence-corrected chi connectivity index (χ4v) is 4.02. The number of hydrogen-bond acceptors (Lipinski definition) is 7. The Morgan fingerprint density at radius 3 is 2.69 bits per heavy atom. The lowest BCUT2D eigenvalue weighted by atomic mass is 9.96. The smallest absolute Gasteiger partial charge is 0.276 e. The minimum Gasteiger partial charge on any atom is -0.490 e. The first-order chi connectivity index (χ1) is 15.4. The first kappa shape index (κ1) is 22.5. The van der Waals surface area contributed by atoms with Crippen molar-refractivity contribution >= 4 is 23.4 Å². The molecular formula is C21H26ClN5O5. The molecule has 32 heavy (non-hydrogen) atoms. The predicted molar refractivity (Wildman–Crippen MR) is 115 cm³/mol. The van der Waals surface area contributed by atoms with Crippen molar-refractivity contribution in [3.05, 3.63) is 41.2 Å². The summed E-state index contributed by atoms with van der Waals surface area (Å²) in [6.45, 7) is 3.04. The molecular weight excluding hydrogens is 438 g/mol. The van der Waals surface area contributed by atoms with Gasteiger partial charge in [-0.2, -0.15) is 0 Å². The van der Waals surface area contributed by atoms with Crippen molar-refractivity contribution in [2.24, 2.45) is 7.05 Å². The molecule has 10 nitrogen and oxygen atoms in total. The van der Waals surface area contributed by atoms with Crippen LogP contribution in [0.15, 0.2) is 30.5 Å². The van der Waals surface area contributed by atoms with Gasteiger partial charge in [-0.05, 0) is 18.2 Å². The third-order valence-corrected chi connectivity index (χ3v) is 5.73. The highest BCUT2D eigenvalue weighted by Crippen LogP contribution is 2.27. The van der Waals surface area contributed by atoms with Gasteiger partial charge in [0, 0.05) is 31.7 Å². The number of ether oxygens (including phenoxy) is 3. The molecule has 1 aromatic carbocycles. The lowest BCUT2D eigenvalue weighted by Gasteiger charge is -2.42. The van der Waals surface area contributed by atoms with E-state index in [-0.39, 0.29) is 43.7 Å². The van der Waals surface area contributed by atoms with E-state index in [0.717, 1.165) is 0 Å². The molecule has 2 fully saturated rings. The van der Waals surface area contributed by atoms with Gasteiger partial charge in [-0.1, -0.05) is 22.9 Å². The van der Waals surface area contributed by atoms with Crippen LogP contribution < -0.4 is 4.74 Å². The zero-order valence-corrected chi connectivity index (χ0v) is 18.7. The molecule has 2 aliphatic rings. The zero-order chi connectivity index (χ0) is 22.6. The molecule has 0 unspecified atom stereocenters. The monoisotopic (exact) mass is 463 g/mol. The van der Waals surface area contributed by atoms with Crippen LogP contribution in [0.25, 0.3) is 0 Å². The van der Waals surface area contributed by atoms with Crippen molar-refractivity contribution in [2.45, 2.75) is 12.0 Å². The van der Waals surface area contributed by atoms with Crippen molar-refractivity contribution in [1.82, 2.24) is 24.8 Å². The fraction of sp³-hybridized carbons (Fsp3) is 0.524. The Labute approximate surface area is 191 Å². The molecule has 3 heterocycles. The highest BCUT2D eigenvalue weighted by molar-refractivity contribution is 6.30. The molecule has 0 radical (unpaired) electrons. The van der Waals surface area contributed by atoms with Gasteiger partial charge in [0.15, 0.2) is 5.69 Å². The maximum Gasteiger partial charge on any atom is 0.276 e. The van der Waals surface area contributed by atoms with Gasteiger partial charge in [-0.25, -0.2) is 0 Å². The molecule has 0 N–H and O–H groups in total. The zero-order valence-electron chi connectivity index (χ0n) is 17.9. The van der Waals surface area contributed by atoms with Crippen molar-refractivity contribution < 1.29 is 23.8 Å². The van der Waals surface area contributed by atoms with E-state index in [1.165, 1.54) is 4.68 Å². The number of benzene rings is 1. The summed E-state index contributed by atoms with van der Waals surface area (Å²) >= 11 is 6.07. The lowest BCUT2D eigenvalue weighted by Crippen LogP contribution is -2.58. The van der Waals surface area contributed by atoms with Crippen LogP contribution in [0.1, 0.15) is 16.9 Å². The van der Waals surface area contributed by atoms with Crippen LogP contribution in [0.5, 0.6) is 5.75 Å². The van der Waals surface area contributed by atoms with E-state index >= 15 is 0 Å². The van der Waals surface area contributed by atoms with Crippen LogP contribution in [0.3, 0.4) is 0 Å². The van der Waals surface area contributed by atoms with E-state index in [2.05, 4.69) is 10.3 Å². The normalized spacial score (nSPS) is 21.4. The number of aromatic nitrogens is 3. The fourth-order valence-electron chi connectivity index (χ4n) is 3.84. The van der Waals surface area contributed by atoms with Crippen molar-refractivity contribution in [1.29, 1.82) is 0 Å². The van der Waals surface area contributed by atoms with Gasteiger partial charge in [0.25, 0.3) is 5.91 Å². The maximum absolute atomic E-state index is 13.1. The number of aryl methyl sites for hydroxylation is 1. The molecule has 0 bridgehead atoms. The van der Waals surface area contributed by atoms with Crippen molar-refractivity contribution in [3.63, 3.8) is 0 Å². The Balaban J connectivity index is 1.52. The summed E-state index contributed by atoms with van der Waals surface area (Å²) in [7, 11) is 1.70. The second kappa shape index (κ2) is 9.85. The van der Waals surface area contributed by atoms with Gasteiger partial charge >= 0.3 is 0 Å². The van der Waals surface area contributed by atoms with Gasteiger partial charge in [0.05, 0.1) is 39.0 Å². The van der Waals surface area contributed by atoms with E-state index < -0.39 is 5.60 Å². The van der Waals surface area contributed by atoms with Gasteiger partial charge in [0.2, 0.25) is 5.91 Å². The molecule has 4 rings (SSSR count). The third-order valence-electron chi connectivity index (χ3n) is 5.49. The molecule has 2 aliphatic heterocycles. The Bertz CT molecular complexity index is 964. The van der Waals surface area contributed by atoms with Crippen molar-refractivity contribution in [3.8, 4) is 5.75 Å². The van der Waals surface area contributed by atoms with E-state index in [1.54, 1.807) is 47.3 Å². The third kappa shape index (κ3) is 5.37. The van der Waals surface area contributed by atoms with Crippen molar-refractivity contribution in [2.75, 3.05) is 52.6 Å². The number of carbonyl (C=O) groups is 2. The molecule has 2 amide bonds. The summed E-state index contributed by atoms with van der Waals surface area (Å²) in [4.78, 5) is 29.5. The summed E-state index contributed by atoms with van der Waals surface area (Å²) in [6, 6.07) is 7.03. The Kier molecular flexibility index (Phi) is 6.92. The Morgan fingerprint density at radius 2 is 1.97 bits per heavy atom. The SMILES string of the molecule is Cn1cc(C(=O)N2CCO[C@](COc3cccc(Cl)c3)(CC(=O)N3CCOCC3)C2)nn1. The molecule has 0 saturated carbocycles. The van der Waals surface area contributed by atoms with E-state index in [4.69, 9.17) is 25.8 Å². The highest BCUT2D eigenvalue weighted by Gasteiger charge is 2.43. The van der Waals surface area contributed by atoms with Crippen LogP contribution in [0.4, 0.5) is 0 Å². The predicted octanol–water partition coefficient (Wildman–Crippen LogP) is 1.01. The average molecular weight is 464 g/mol. The molecule has 11 heteroatoms. The summed E-state index contributed by atoms with van der Waals surface area (Å²) in [5.41, 5.74) is -0.757. The number of nitrogens with zero attached hydrogens (tertiary/aromatic N) is 5. The molecule has 1 aromatic heterocycles. The van der Waals surface area contributed by atoms with E-state index in [9.17, 15) is 9.59 Å². The standard InChI is InChI=1S/C21H26ClN5O5/c1-25-13-18(23-24-25)20(29)27-7-10-32-21(14-27,12-19(28)26-5-8-30-9-6-26)15-31-17-4-2-3-16(22)11-17/h2-4,11,13H,5-10,12,14-15H2,1H3/t21-/m1/s1. The van der Waals surface area contributed by atoms with Gasteiger partial charge in [-0.3, -0.25) is 14.3 Å². The van der Waals surface area contributed by atoms with Crippen LogP contribution in [0.2, 0.25) is 5.02 Å². The number of hydrogen-bond donors (Lipinski definition) is 0. The molecule has 172 valence electrons. The van der Waals surface area contributed by atoms with Crippen LogP contribution in [-0.2, 0) is 21.3 Å². The van der Waals surface area contributed by atoms with Gasteiger partial charge in [0.1, 0.15) is 18.0 Å². The second-order valence-corrected chi connectivity index (χ2v) is 8.39. The van der Waals surface area contributed by atoms with Gasteiger partial charge < -0.3 is 24.0 Å². The van der Waals surface area contributed by atoms with Crippen LogP contribution in [0, 0.1) is 0 Å². The van der Waals surface area contributed by atoms with Gasteiger partial charge in [-0.15, -0.1) is 5.10 Å². The Hall–Kier alpha value is -2.69. The van der Waals surface area contributed by atoms with E-state index in [1.807, 2.05) is 0 Å². The molecule has 0 aliphatic carbocycles. The number of morpholine rings is 2. The molecule has 2 aromatic rings. The number of carbonyl (C=O) groups excluding carboxylic acids is 2. The first-order valence-electron chi connectivity index (χ1n) is 10.5. The van der Waals surface area contributed by atoms with E-state index in [0.29, 0.717) is 43.6 Å². The first-order valence-corrected chi connectivity index (χ1v) is 10.9. The summed E-state index contributed by atoms with van der Waals surface area (Å²) in [5, 5.41) is 8.31. The lowest BCUT2D eigenvalue weighted by molar-refractivity contribution is -0.155. The minimum absolute atomic E-state index is 0.0585. The minimum atomic E-state index is -1.01.